The van der Waals surface area contributed by atoms with Crippen LogP contribution < -0.4 is 47.3 Å². The number of halogens is 3. The van der Waals surface area contributed by atoms with Crippen LogP contribution in [0.15, 0.2) is 70.8 Å². The lowest BCUT2D eigenvalue weighted by Crippen LogP contribution is -2.63. The molecule has 4 bridgehead atoms. The van der Waals surface area contributed by atoms with Crippen molar-refractivity contribution in [2.75, 3.05) is 48.7 Å². The van der Waals surface area contributed by atoms with Crippen molar-refractivity contribution in [3.63, 3.8) is 0 Å². The number of primary amides is 1. The maximum atomic E-state index is 14.5. The van der Waals surface area contributed by atoms with E-state index in [1.165, 1.54) is 44.4 Å². The molecule has 0 saturated carbocycles. The Bertz CT molecular complexity index is 2840. The minimum atomic E-state index is -1.90. The zero-order valence-electron chi connectivity index (χ0n) is 49.0. The van der Waals surface area contributed by atoms with Gasteiger partial charge < -0.3 is 64.9 Å². The van der Waals surface area contributed by atoms with Crippen molar-refractivity contribution in [2.24, 2.45) is 17.6 Å². The first-order valence-electron chi connectivity index (χ1n) is 27.5. The highest BCUT2D eigenvalue weighted by molar-refractivity contribution is 9.10. The number of nitrogens with zero attached hydrogens (tertiary/aromatic N) is 1. The maximum Gasteiger partial charge on any atom is 0.412 e. The van der Waals surface area contributed by atoms with Crippen LogP contribution in [0.25, 0.3) is 0 Å². The Morgan fingerprint density at radius 1 is 1.08 bits per heavy atom. The zero-order chi connectivity index (χ0) is 62.4. The number of aldehydes is 1. The molecule has 84 heavy (non-hydrogen) atoms. The highest BCUT2D eigenvalue weighted by Crippen LogP contribution is 2.49. The van der Waals surface area contributed by atoms with Crippen molar-refractivity contribution >= 4 is 109 Å². The van der Waals surface area contributed by atoms with E-state index in [0.29, 0.717) is 43.4 Å². The van der Waals surface area contributed by atoms with Crippen LogP contribution in [0.5, 0.6) is 5.75 Å². The molecule has 2 fully saturated rings. The van der Waals surface area contributed by atoms with Gasteiger partial charge in [-0.15, -0.1) is 0 Å². The first-order chi connectivity index (χ1) is 39.5. The number of epoxide rings is 1. The summed E-state index contributed by atoms with van der Waals surface area (Å²) in [7, 11) is 4.40. The average molecular weight is 1320 g/mol. The van der Waals surface area contributed by atoms with Crippen LogP contribution in [-0.2, 0) is 54.1 Å². The number of methoxy groups -OCH3 is 2. The Labute approximate surface area is 511 Å². The number of alkyl carbamates (subject to hydrolysis) is 1. The van der Waals surface area contributed by atoms with Crippen LogP contribution in [0, 0.1) is 11.8 Å². The number of allylic oxidation sites excluding steroid dienone is 3. The number of alkyl halides is 1. The molecule has 5 rings (SSSR count). The van der Waals surface area contributed by atoms with Gasteiger partial charge in [-0.3, -0.25) is 30.3 Å². The fourth-order valence-electron chi connectivity index (χ4n) is 10.0. The molecule has 2 saturated heterocycles. The third kappa shape index (κ3) is 18.7. The van der Waals surface area contributed by atoms with Crippen molar-refractivity contribution in [3.8, 4) is 5.75 Å². The molecule has 0 aliphatic carbocycles. The molecule has 9 N–H and O–H groups in total. The van der Waals surface area contributed by atoms with Gasteiger partial charge in [0.25, 0.3) is 0 Å². The summed E-state index contributed by atoms with van der Waals surface area (Å²) in [6.07, 6.45) is 1.36. The number of carbonyl (C=O) groups is 8. The molecular formula is C58H79Br2ClN8O15. The summed E-state index contributed by atoms with van der Waals surface area (Å²) < 4.78 is 35.3. The number of nitrogens with one attached hydrogen (secondary N) is 6. The van der Waals surface area contributed by atoms with Gasteiger partial charge in [0, 0.05) is 54.1 Å². The number of nitrogens with two attached hydrogens (primary N) is 1. The van der Waals surface area contributed by atoms with Crippen molar-refractivity contribution in [2.45, 2.75) is 159 Å². The molecule has 0 radical (unpaired) electrons. The monoisotopic (exact) mass is 1320 g/mol. The molecule has 3 aliphatic heterocycles. The number of hydrogen-bond donors (Lipinski definition) is 8. The topological polar surface area (TPSA) is 317 Å². The fraction of sp³-hybridized carbons (Fsp3) is 0.552. The number of urea groups is 1. The summed E-state index contributed by atoms with van der Waals surface area (Å²) in [4.78, 5) is 107. The number of aliphatic hydroxyl groups is 1. The first-order valence-corrected chi connectivity index (χ1v) is 29.8. The van der Waals surface area contributed by atoms with Crippen LogP contribution >= 0.6 is 43.5 Å². The van der Waals surface area contributed by atoms with Gasteiger partial charge in [-0.1, -0.05) is 78.7 Å². The zero-order valence-corrected chi connectivity index (χ0v) is 52.9. The summed E-state index contributed by atoms with van der Waals surface area (Å²) in [5.41, 5.74) is 3.84. The van der Waals surface area contributed by atoms with Crippen LogP contribution in [-0.4, -0.2) is 146 Å². The number of anilines is 3. The van der Waals surface area contributed by atoms with Crippen molar-refractivity contribution < 1.29 is 71.9 Å². The lowest BCUT2D eigenvalue weighted by molar-refractivity contribution is -0.152. The van der Waals surface area contributed by atoms with E-state index in [4.69, 9.17) is 45.8 Å². The Balaban J connectivity index is 1.35. The molecule has 3 aliphatic rings. The molecule has 0 spiro atoms. The second-order valence-corrected chi connectivity index (χ2v) is 24.2. The molecule has 0 aromatic heterocycles. The van der Waals surface area contributed by atoms with Gasteiger partial charge in [-0.2, -0.15) is 0 Å². The largest absolute Gasteiger partial charge is 0.495 e. The number of fused-ring (bicyclic) bond motifs is 5. The van der Waals surface area contributed by atoms with E-state index in [-0.39, 0.29) is 63.5 Å². The van der Waals surface area contributed by atoms with Crippen molar-refractivity contribution in [1.82, 2.24) is 21.3 Å². The maximum absolute atomic E-state index is 14.5. The van der Waals surface area contributed by atoms with Gasteiger partial charge in [-0.25, -0.2) is 19.2 Å². The predicted molar refractivity (Wildman–Crippen MR) is 323 cm³/mol. The van der Waals surface area contributed by atoms with Gasteiger partial charge in [-0.05, 0) is 124 Å². The first kappa shape index (κ1) is 68.7. The smallest absolute Gasteiger partial charge is 0.412 e. The Morgan fingerprint density at radius 3 is 2.43 bits per heavy atom. The van der Waals surface area contributed by atoms with Crippen molar-refractivity contribution in [3.05, 3.63) is 81.3 Å². The van der Waals surface area contributed by atoms with Crippen LogP contribution in [0.1, 0.15) is 99.0 Å². The number of hydrogen-bond acceptors (Lipinski definition) is 16. The van der Waals surface area contributed by atoms with Crippen LogP contribution in [0.4, 0.5) is 31.4 Å². The number of amides is 7. The second-order valence-electron chi connectivity index (χ2n) is 22.4. The number of carbonyl (C=O) groups excluding carboxylic acids is 8. The lowest BCUT2D eigenvalue weighted by Gasteiger charge is -2.42. The Kier molecular flexibility index (Phi) is 24.8. The Morgan fingerprint density at radius 2 is 1.80 bits per heavy atom. The second kappa shape index (κ2) is 30.3. The van der Waals surface area contributed by atoms with Crippen LogP contribution in [0.2, 0.25) is 5.02 Å². The highest BCUT2D eigenvalue weighted by atomic mass is 79.9. The molecular weight excluding hydrogens is 1240 g/mol. The molecule has 26 heteroatoms. The summed E-state index contributed by atoms with van der Waals surface area (Å²) >= 11 is 13.5. The van der Waals surface area contributed by atoms with E-state index < -0.39 is 114 Å². The Hall–Kier alpha value is -6.09. The summed E-state index contributed by atoms with van der Waals surface area (Å²) in [6, 6.07) is 4.39. The third-order valence-corrected chi connectivity index (χ3v) is 16.6. The molecule has 10 atom stereocenters. The third-order valence-electron chi connectivity index (χ3n) is 14.9. The van der Waals surface area contributed by atoms with E-state index in [1.54, 1.807) is 65.8 Å². The van der Waals surface area contributed by atoms with E-state index in [1.807, 2.05) is 13.0 Å². The molecule has 23 nitrogen and oxygen atoms in total. The summed E-state index contributed by atoms with van der Waals surface area (Å²) in [5, 5.41) is 28.7. The predicted octanol–water partition coefficient (Wildman–Crippen LogP) is 7.63. The van der Waals surface area contributed by atoms with Gasteiger partial charge in [0.15, 0.2) is 5.72 Å². The SMILES string of the molecule is C=C(CBr)C(=O)OC(C)(C)CCCC(C=O)N[C@H](C(=O)N[C@@H](CCCNC(N)=O)C(=O)Nc1ccc(NC(=O)O[C@H]2CC(=O)N(C)c3cc(cc(OC)c3Cl)C/C(C)=C/C=C/[C@@H](OC)[C@@]3(O)C[C@H](OC(=O)N3)[C@@H](C)[C@@H]3O[C@@]23C)c(Br)c1)C(C)C. The van der Waals surface area contributed by atoms with E-state index in [0.717, 1.165) is 11.1 Å². The number of benzene rings is 2. The minimum absolute atomic E-state index is 0.0610. The summed E-state index contributed by atoms with van der Waals surface area (Å²) in [6.45, 7) is 16.2. The molecule has 3 heterocycles. The number of esters is 1. The van der Waals surface area contributed by atoms with Gasteiger partial charge in [0.2, 0.25) is 17.7 Å². The summed E-state index contributed by atoms with van der Waals surface area (Å²) in [5.74, 6) is -2.89. The average Bonchev–Trinajstić information content (AvgIpc) is 1.69. The fourth-order valence-corrected chi connectivity index (χ4v) is 11.0. The molecule has 2 aromatic carbocycles. The number of rotatable bonds is 23. The quantitative estimate of drug-likeness (QED) is 0.0101. The minimum Gasteiger partial charge on any atom is -0.495 e. The van der Waals surface area contributed by atoms with E-state index >= 15 is 0 Å². The van der Waals surface area contributed by atoms with Crippen LogP contribution in [0.3, 0.4) is 0 Å². The normalized spacial score (nSPS) is 24.7. The molecule has 2 aromatic rings. The van der Waals surface area contributed by atoms with Gasteiger partial charge in [0.1, 0.15) is 52.6 Å². The van der Waals surface area contributed by atoms with Gasteiger partial charge in [0.05, 0.1) is 43.1 Å². The standard InChI is InChI=1S/C58H79Br2ClN8O15/c1-31(2)48(64-37(30-70)16-13-21-56(6,7)84-52(74)33(4)29-59)51(73)66-40(17-14-22-63-53(62)75)50(72)65-36-19-20-39(38(60)26-36)67-54(76)82-45-27-46(71)69(9)41-24-35(25-42(79-10)47(41)61)23-32(3)15-12-18-44(80-11)58(78)28-43(81-55(77)68-58)34(5)49-57(45,8)83-49/h12,15,18-20,24-26,30-31,34,37,40,43-45,48-49,64,78H,4,13-14,16-17,21-23,27-29H2,1-3,5-11H3,(H,65,72)(H,66,73)(H,67,76)(H,68,77)(H3,62,63,75)/b18-12+,32-15+/t34-,37?,40+,43+,44-,45+,48+,49+,57+,58+/m1/s1. The molecule has 462 valence electrons. The van der Waals surface area contributed by atoms with Gasteiger partial charge >= 0.3 is 24.2 Å². The molecule has 7 amide bonds. The highest BCUT2D eigenvalue weighted by Gasteiger charge is 2.64. The molecule has 1 unspecified atom stereocenters. The van der Waals surface area contributed by atoms with E-state index in [9.17, 15) is 43.5 Å². The number of ether oxygens (including phenoxy) is 6. The lowest BCUT2D eigenvalue weighted by atomic mass is 9.83. The van der Waals surface area contributed by atoms with E-state index in [2.05, 4.69) is 70.3 Å². The van der Waals surface area contributed by atoms with Crippen molar-refractivity contribution in [1.29, 1.82) is 0 Å².